The van der Waals surface area contributed by atoms with E-state index < -0.39 is 0 Å². The van der Waals surface area contributed by atoms with Gasteiger partial charge >= 0.3 is 0 Å². The van der Waals surface area contributed by atoms with Crippen molar-refractivity contribution < 1.29 is 0 Å². The number of rotatable bonds is 4. The van der Waals surface area contributed by atoms with Gasteiger partial charge in [0.05, 0.1) is 0 Å². The second-order valence-electron chi connectivity index (χ2n) is 4.69. The van der Waals surface area contributed by atoms with Crippen LogP contribution in [0.25, 0.3) is 0 Å². The summed E-state index contributed by atoms with van der Waals surface area (Å²) in [6.07, 6.45) is 6.86. The summed E-state index contributed by atoms with van der Waals surface area (Å²) in [5.74, 6) is 1.20. The van der Waals surface area contributed by atoms with Crippen LogP contribution in [-0.4, -0.2) is 18.3 Å². The van der Waals surface area contributed by atoms with Crippen LogP contribution in [0.4, 0.5) is 0 Å². The zero-order valence-corrected chi connectivity index (χ0v) is 10.9. The van der Waals surface area contributed by atoms with E-state index in [1.165, 1.54) is 42.8 Å². The molecule has 0 radical (unpaired) electrons. The molecule has 0 unspecified atom stereocenters. The molecule has 1 N–H and O–H groups in total. The molecule has 0 aliphatic heterocycles. The quantitative estimate of drug-likeness (QED) is 0.799. The third-order valence-electron chi connectivity index (χ3n) is 3.60. The fourth-order valence-electron chi connectivity index (χ4n) is 2.43. The van der Waals surface area contributed by atoms with Gasteiger partial charge in [0.25, 0.3) is 0 Å². The van der Waals surface area contributed by atoms with Gasteiger partial charge in [-0.05, 0) is 32.0 Å². The Balaban J connectivity index is 1.92. The minimum Gasteiger partial charge on any atom is -0.313 e. The van der Waals surface area contributed by atoms with Crippen molar-refractivity contribution >= 4 is 11.8 Å². The Kier molecular flexibility index (Phi) is 4.30. The topological polar surface area (TPSA) is 12.0 Å². The molecule has 16 heavy (non-hydrogen) atoms. The van der Waals surface area contributed by atoms with Gasteiger partial charge in [0.2, 0.25) is 0 Å². The maximum atomic E-state index is 3.57. The van der Waals surface area contributed by atoms with Crippen molar-refractivity contribution in [2.24, 2.45) is 0 Å². The van der Waals surface area contributed by atoms with E-state index >= 15 is 0 Å². The van der Waals surface area contributed by atoms with E-state index in [0.29, 0.717) is 5.54 Å². The molecule has 1 aromatic carbocycles. The van der Waals surface area contributed by atoms with E-state index in [-0.39, 0.29) is 0 Å². The van der Waals surface area contributed by atoms with Gasteiger partial charge in [-0.1, -0.05) is 37.5 Å². The fourth-order valence-corrected chi connectivity index (χ4v) is 3.66. The van der Waals surface area contributed by atoms with Crippen LogP contribution < -0.4 is 5.32 Å². The Morgan fingerprint density at radius 1 is 1.12 bits per heavy atom. The van der Waals surface area contributed by atoms with E-state index in [9.17, 15) is 0 Å². The summed E-state index contributed by atoms with van der Waals surface area (Å²) < 4.78 is 0. The minimum atomic E-state index is 0.388. The van der Waals surface area contributed by atoms with E-state index in [4.69, 9.17) is 0 Å². The lowest BCUT2D eigenvalue weighted by Gasteiger charge is -2.37. The van der Waals surface area contributed by atoms with Crippen molar-refractivity contribution in [3.63, 3.8) is 0 Å². The summed E-state index contributed by atoms with van der Waals surface area (Å²) in [6, 6.07) is 10.7. The van der Waals surface area contributed by atoms with Gasteiger partial charge in [-0.25, -0.2) is 0 Å². The molecule has 2 rings (SSSR count). The van der Waals surface area contributed by atoms with Crippen molar-refractivity contribution in [2.75, 3.05) is 12.8 Å². The highest BCUT2D eigenvalue weighted by molar-refractivity contribution is 7.99. The maximum Gasteiger partial charge on any atom is 0.0272 e. The molecule has 88 valence electrons. The van der Waals surface area contributed by atoms with Gasteiger partial charge in [0.15, 0.2) is 0 Å². The molecule has 1 aromatic rings. The molecule has 0 spiro atoms. The number of benzene rings is 1. The third-order valence-corrected chi connectivity index (χ3v) is 4.90. The first-order valence-electron chi connectivity index (χ1n) is 6.21. The highest BCUT2D eigenvalue weighted by Gasteiger charge is 2.29. The number of hydrogen-bond donors (Lipinski definition) is 1. The van der Waals surface area contributed by atoms with Crippen molar-refractivity contribution in [1.82, 2.24) is 5.32 Å². The van der Waals surface area contributed by atoms with Gasteiger partial charge in [0.1, 0.15) is 0 Å². The van der Waals surface area contributed by atoms with Crippen LogP contribution in [0.2, 0.25) is 0 Å². The molecule has 1 nitrogen and oxygen atoms in total. The molecule has 0 amide bonds. The number of nitrogens with one attached hydrogen (secondary N) is 1. The molecule has 0 heterocycles. The Bertz CT molecular complexity index is 304. The van der Waals surface area contributed by atoms with Gasteiger partial charge < -0.3 is 5.32 Å². The van der Waals surface area contributed by atoms with E-state index in [0.717, 1.165) is 0 Å². The Morgan fingerprint density at radius 3 is 2.44 bits per heavy atom. The van der Waals surface area contributed by atoms with Crippen LogP contribution in [0.1, 0.15) is 32.1 Å². The summed E-state index contributed by atoms with van der Waals surface area (Å²) in [5.41, 5.74) is 0.388. The van der Waals surface area contributed by atoms with Crippen LogP contribution >= 0.6 is 11.8 Å². The number of hydrogen-bond acceptors (Lipinski definition) is 2. The van der Waals surface area contributed by atoms with Crippen LogP contribution in [0.15, 0.2) is 35.2 Å². The van der Waals surface area contributed by atoms with Crippen LogP contribution in [0, 0.1) is 0 Å². The lowest BCUT2D eigenvalue weighted by molar-refractivity contribution is 0.277. The second-order valence-corrected chi connectivity index (χ2v) is 5.74. The Hall–Kier alpha value is -0.470. The van der Waals surface area contributed by atoms with Crippen molar-refractivity contribution in [3.05, 3.63) is 30.3 Å². The molecule has 1 saturated carbocycles. The lowest BCUT2D eigenvalue weighted by atomic mass is 9.83. The van der Waals surface area contributed by atoms with Crippen molar-refractivity contribution in [3.8, 4) is 0 Å². The monoisotopic (exact) mass is 235 g/mol. The molecular weight excluding hydrogens is 214 g/mol. The average Bonchev–Trinajstić information content (AvgIpc) is 2.39. The smallest absolute Gasteiger partial charge is 0.0272 e. The first-order chi connectivity index (χ1) is 7.85. The van der Waals surface area contributed by atoms with Gasteiger partial charge in [-0.15, -0.1) is 11.8 Å². The molecule has 0 bridgehead atoms. The molecule has 2 heteroatoms. The third kappa shape index (κ3) is 3.02. The first kappa shape index (κ1) is 12.0. The van der Waals surface area contributed by atoms with E-state index in [1.54, 1.807) is 0 Å². The molecular formula is C14H21NS. The number of thioether (sulfide) groups is 1. The van der Waals surface area contributed by atoms with E-state index in [1.807, 2.05) is 11.8 Å². The van der Waals surface area contributed by atoms with Gasteiger partial charge in [-0.3, -0.25) is 0 Å². The molecule has 1 aliphatic rings. The second kappa shape index (κ2) is 5.74. The summed E-state index contributed by atoms with van der Waals surface area (Å²) in [4.78, 5) is 1.39. The average molecular weight is 235 g/mol. The van der Waals surface area contributed by atoms with Crippen molar-refractivity contribution in [1.29, 1.82) is 0 Å². The van der Waals surface area contributed by atoms with E-state index in [2.05, 4.69) is 42.7 Å². The predicted octanol–water partition coefficient (Wildman–Crippen LogP) is 3.70. The highest BCUT2D eigenvalue weighted by atomic mass is 32.2. The fraction of sp³-hybridized carbons (Fsp3) is 0.571. The van der Waals surface area contributed by atoms with Crippen LogP contribution in [0.5, 0.6) is 0 Å². The summed E-state index contributed by atoms with van der Waals surface area (Å²) in [5, 5.41) is 3.57. The molecule has 0 aromatic heterocycles. The van der Waals surface area contributed by atoms with Crippen LogP contribution in [-0.2, 0) is 0 Å². The zero-order valence-electron chi connectivity index (χ0n) is 10.0. The Labute approximate surface area is 103 Å². The summed E-state index contributed by atoms with van der Waals surface area (Å²) in [6.45, 7) is 0. The van der Waals surface area contributed by atoms with Gasteiger partial charge in [0, 0.05) is 16.2 Å². The SMILES string of the molecule is CNC1(CSc2ccccc2)CCCCC1. The highest BCUT2D eigenvalue weighted by Crippen LogP contribution is 2.33. The lowest BCUT2D eigenvalue weighted by Crippen LogP contribution is -2.46. The molecule has 1 aliphatic carbocycles. The molecule has 1 fully saturated rings. The standard InChI is InChI=1S/C14H21NS/c1-15-14(10-6-3-7-11-14)12-16-13-8-4-2-5-9-13/h2,4-5,8-9,15H,3,6-7,10-12H2,1H3. The normalized spacial score (nSPS) is 19.6. The molecule has 0 saturated heterocycles. The minimum absolute atomic E-state index is 0.388. The Morgan fingerprint density at radius 2 is 1.81 bits per heavy atom. The molecule has 0 atom stereocenters. The first-order valence-corrected chi connectivity index (χ1v) is 7.20. The summed E-state index contributed by atoms with van der Waals surface area (Å²) in [7, 11) is 2.12. The largest absolute Gasteiger partial charge is 0.313 e. The van der Waals surface area contributed by atoms with Crippen LogP contribution in [0.3, 0.4) is 0 Å². The van der Waals surface area contributed by atoms with Crippen molar-refractivity contribution in [2.45, 2.75) is 42.5 Å². The summed E-state index contributed by atoms with van der Waals surface area (Å²) >= 11 is 1.99. The maximum absolute atomic E-state index is 3.57. The predicted molar refractivity (Wildman–Crippen MR) is 72.0 cm³/mol. The van der Waals surface area contributed by atoms with Gasteiger partial charge in [-0.2, -0.15) is 0 Å². The zero-order chi connectivity index (χ0) is 11.3.